The van der Waals surface area contributed by atoms with E-state index in [0.29, 0.717) is 11.3 Å². The lowest BCUT2D eigenvalue weighted by atomic mass is 10.0. The van der Waals surface area contributed by atoms with Gasteiger partial charge in [0.25, 0.3) is 11.8 Å². The Morgan fingerprint density at radius 3 is 2.09 bits per heavy atom. The molecule has 4 N–H and O–H groups in total. The maximum atomic E-state index is 12.7. The molecule has 0 aliphatic rings. The predicted molar refractivity (Wildman–Crippen MR) is 119 cm³/mol. The Morgan fingerprint density at radius 2 is 1.56 bits per heavy atom. The van der Waals surface area contributed by atoms with Crippen molar-refractivity contribution in [1.29, 1.82) is 0 Å². The van der Waals surface area contributed by atoms with Crippen molar-refractivity contribution in [3.8, 4) is 0 Å². The average molecular weight is 462 g/mol. The number of primary sulfonamides is 1. The van der Waals surface area contributed by atoms with Gasteiger partial charge in [-0.05, 0) is 55.7 Å². The second kappa shape index (κ2) is 10.4. The molecule has 0 saturated heterocycles. The van der Waals surface area contributed by atoms with Gasteiger partial charge in [0, 0.05) is 11.3 Å². The molecule has 0 saturated carbocycles. The largest absolute Gasteiger partial charge is 0.451 e. The Bertz CT molecular complexity index is 1100. The SMILES string of the molecule is Cc1ccccc1C(=O)N[C@H](C(=O)O[C@@H](C)C(=O)Nc1ccc(S(N)(=O)=O)cc1)C(C)C. The monoisotopic (exact) mass is 461 g/mol. The van der Waals surface area contributed by atoms with Gasteiger partial charge in [-0.3, -0.25) is 9.59 Å². The van der Waals surface area contributed by atoms with Gasteiger partial charge in [-0.15, -0.1) is 0 Å². The Balaban J connectivity index is 2.02. The molecule has 0 fully saturated rings. The number of amides is 2. The van der Waals surface area contributed by atoms with Gasteiger partial charge < -0.3 is 15.4 Å². The number of anilines is 1. The normalized spacial score (nSPS) is 13.2. The highest BCUT2D eigenvalue weighted by Crippen LogP contribution is 2.14. The molecule has 0 bridgehead atoms. The lowest BCUT2D eigenvalue weighted by molar-refractivity contribution is -0.156. The van der Waals surface area contributed by atoms with Crippen LogP contribution < -0.4 is 15.8 Å². The molecule has 2 aromatic rings. The van der Waals surface area contributed by atoms with Gasteiger partial charge in [0.15, 0.2) is 6.10 Å². The molecule has 2 amide bonds. The van der Waals surface area contributed by atoms with Crippen molar-refractivity contribution >= 4 is 33.5 Å². The fourth-order valence-electron chi connectivity index (χ4n) is 2.82. The van der Waals surface area contributed by atoms with E-state index >= 15 is 0 Å². The second-order valence-corrected chi connectivity index (χ2v) is 9.21. The number of hydrogen-bond acceptors (Lipinski definition) is 6. The molecule has 2 rings (SSSR count). The number of ether oxygens (including phenoxy) is 1. The van der Waals surface area contributed by atoms with Crippen LogP contribution in [-0.2, 0) is 24.3 Å². The molecule has 32 heavy (non-hydrogen) atoms. The molecule has 0 aliphatic carbocycles. The number of hydrogen-bond donors (Lipinski definition) is 3. The average Bonchev–Trinajstić information content (AvgIpc) is 2.71. The van der Waals surface area contributed by atoms with E-state index in [9.17, 15) is 22.8 Å². The first-order chi connectivity index (χ1) is 14.9. The van der Waals surface area contributed by atoms with Crippen LogP contribution in [-0.4, -0.2) is 38.3 Å². The van der Waals surface area contributed by atoms with Gasteiger partial charge in [0.1, 0.15) is 6.04 Å². The van der Waals surface area contributed by atoms with E-state index in [1.165, 1.54) is 31.2 Å². The molecule has 0 unspecified atom stereocenters. The van der Waals surface area contributed by atoms with Gasteiger partial charge in [-0.2, -0.15) is 0 Å². The molecule has 0 aromatic heterocycles. The standard InChI is InChI=1S/C22H27N3O6S/c1-13(2)19(25-21(27)18-8-6-5-7-14(18)3)22(28)31-15(4)20(26)24-16-9-11-17(12-10-16)32(23,29)30/h5-13,15,19H,1-4H3,(H,24,26)(H,25,27)(H2,23,29,30)/t15-,19-/m0/s1. The predicted octanol–water partition coefficient (Wildman–Crippen LogP) is 1.97. The van der Waals surface area contributed by atoms with E-state index in [4.69, 9.17) is 9.88 Å². The molecule has 2 aromatic carbocycles. The van der Waals surface area contributed by atoms with Crippen LogP contribution in [0.25, 0.3) is 0 Å². The Morgan fingerprint density at radius 1 is 0.969 bits per heavy atom. The number of nitrogens with two attached hydrogens (primary N) is 1. The molecule has 10 heteroatoms. The fourth-order valence-corrected chi connectivity index (χ4v) is 3.33. The topological polar surface area (TPSA) is 145 Å². The van der Waals surface area contributed by atoms with Crippen LogP contribution in [0, 0.1) is 12.8 Å². The summed E-state index contributed by atoms with van der Waals surface area (Å²) in [4.78, 5) is 37.5. The molecule has 172 valence electrons. The lowest BCUT2D eigenvalue weighted by Crippen LogP contribution is -2.47. The van der Waals surface area contributed by atoms with Crippen LogP contribution >= 0.6 is 0 Å². The number of nitrogens with one attached hydrogen (secondary N) is 2. The first-order valence-electron chi connectivity index (χ1n) is 9.91. The molecular weight excluding hydrogens is 434 g/mol. The van der Waals surface area contributed by atoms with Crippen molar-refractivity contribution in [3.63, 3.8) is 0 Å². The summed E-state index contributed by atoms with van der Waals surface area (Å²) in [6.07, 6.45) is -1.16. The van der Waals surface area contributed by atoms with E-state index in [1.54, 1.807) is 39.0 Å². The van der Waals surface area contributed by atoms with Crippen molar-refractivity contribution in [2.24, 2.45) is 11.1 Å². The summed E-state index contributed by atoms with van der Waals surface area (Å²) in [5.41, 5.74) is 1.51. The molecule has 0 heterocycles. The van der Waals surface area contributed by atoms with Crippen molar-refractivity contribution < 1.29 is 27.5 Å². The summed E-state index contributed by atoms with van der Waals surface area (Å²) in [6.45, 7) is 6.69. The zero-order chi connectivity index (χ0) is 24.1. The van der Waals surface area contributed by atoms with E-state index in [-0.39, 0.29) is 10.8 Å². The molecular formula is C22H27N3O6S. The number of rotatable bonds is 8. The van der Waals surface area contributed by atoms with E-state index < -0.39 is 40.0 Å². The Kier molecular flexibility index (Phi) is 8.12. The van der Waals surface area contributed by atoms with Crippen LogP contribution in [0.4, 0.5) is 5.69 Å². The first-order valence-corrected chi connectivity index (χ1v) is 11.5. The van der Waals surface area contributed by atoms with E-state index in [0.717, 1.165) is 5.56 Å². The van der Waals surface area contributed by atoms with E-state index in [2.05, 4.69) is 10.6 Å². The molecule has 2 atom stereocenters. The smallest absolute Gasteiger partial charge is 0.329 e. The van der Waals surface area contributed by atoms with Crippen molar-refractivity contribution in [2.75, 3.05) is 5.32 Å². The minimum Gasteiger partial charge on any atom is -0.451 e. The molecule has 0 spiro atoms. The van der Waals surface area contributed by atoms with Crippen LogP contribution in [0.5, 0.6) is 0 Å². The minimum atomic E-state index is -3.85. The summed E-state index contributed by atoms with van der Waals surface area (Å²) in [7, 11) is -3.85. The summed E-state index contributed by atoms with van der Waals surface area (Å²) < 4.78 is 27.9. The summed E-state index contributed by atoms with van der Waals surface area (Å²) in [6, 6.07) is 11.3. The Hall–Kier alpha value is -3.24. The number of aryl methyl sites for hydroxylation is 1. The number of carbonyl (C=O) groups is 3. The highest BCUT2D eigenvalue weighted by Gasteiger charge is 2.29. The van der Waals surface area contributed by atoms with Crippen LogP contribution in [0.1, 0.15) is 36.7 Å². The number of esters is 1. The molecule has 9 nitrogen and oxygen atoms in total. The third-order valence-electron chi connectivity index (χ3n) is 4.71. The van der Waals surface area contributed by atoms with Gasteiger partial charge in [0.2, 0.25) is 10.0 Å². The minimum absolute atomic E-state index is 0.0980. The number of carbonyl (C=O) groups excluding carboxylic acids is 3. The summed E-state index contributed by atoms with van der Waals surface area (Å²) in [5, 5.41) is 10.2. The lowest BCUT2D eigenvalue weighted by Gasteiger charge is -2.23. The van der Waals surface area contributed by atoms with Crippen molar-refractivity contribution in [1.82, 2.24) is 5.32 Å². The van der Waals surface area contributed by atoms with Gasteiger partial charge in [0.05, 0.1) is 4.90 Å². The zero-order valence-corrected chi connectivity index (χ0v) is 19.1. The number of sulfonamides is 1. The van der Waals surface area contributed by atoms with Crippen molar-refractivity contribution in [2.45, 2.75) is 44.7 Å². The van der Waals surface area contributed by atoms with Crippen LogP contribution in [0.3, 0.4) is 0 Å². The third kappa shape index (κ3) is 6.63. The van der Waals surface area contributed by atoms with Gasteiger partial charge in [-0.25, -0.2) is 18.4 Å². The summed E-state index contributed by atoms with van der Waals surface area (Å²) >= 11 is 0. The highest BCUT2D eigenvalue weighted by atomic mass is 32.2. The third-order valence-corrected chi connectivity index (χ3v) is 5.64. The molecule has 0 radical (unpaired) electrons. The van der Waals surface area contributed by atoms with Crippen LogP contribution in [0.15, 0.2) is 53.4 Å². The van der Waals surface area contributed by atoms with Gasteiger partial charge >= 0.3 is 5.97 Å². The maximum absolute atomic E-state index is 12.7. The van der Waals surface area contributed by atoms with Crippen molar-refractivity contribution in [3.05, 3.63) is 59.7 Å². The number of benzene rings is 2. The Labute approximate surface area is 187 Å². The molecule has 0 aliphatic heterocycles. The second-order valence-electron chi connectivity index (χ2n) is 7.65. The summed E-state index contributed by atoms with van der Waals surface area (Å²) in [5.74, 6) is -2.05. The fraction of sp³-hybridized carbons (Fsp3) is 0.318. The zero-order valence-electron chi connectivity index (χ0n) is 18.3. The first kappa shape index (κ1) is 25.0. The quantitative estimate of drug-likeness (QED) is 0.513. The highest BCUT2D eigenvalue weighted by molar-refractivity contribution is 7.89. The van der Waals surface area contributed by atoms with Crippen LogP contribution in [0.2, 0.25) is 0 Å². The maximum Gasteiger partial charge on any atom is 0.329 e. The van der Waals surface area contributed by atoms with Gasteiger partial charge in [-0.1, -0.05) is 32.0 Å². The van der Waals surface area contributed by atoms with E-state index in [1.807, 2.05) is 6.07 Å².